The second kappa shape index (κ2) is 8.19. The Balaban J connectivity index is 2.39. The average molecular weight is 380 g/mol. The average Bonchev–Trinajstić information content (AvgIpc) is 2.83. The van der Waals surface area contributed by atoms with Crippen LogP contribution < -0.4 is 10.9 Å². The molecule has 7 heteroatoms. The molecule has 2 rings (SSSR count). The number of thioether (sulfide) groups is 1. The molecule has 0 saturated carbocycles. The third-order valence-corrected chi connectivity index (χ3v) is 6.09. The van der Waals surface area contributed by atoms with Gasteiger partial charge in [-0.2, -0.15) is 0 Å². The molecule has 0 spiro atoms. The largest absolute Gasteiger partial charge is 0.355 e. The third-order valence-electron chi connectivity index (χ3n) is 3.90. The van der Waals surface area contributed by atoms with Gasteiger partial charge in [0, 0.05) is 18.0 Å². The molecule has 2 aromatic rings. The van der Waals surface area contributed by atoms with Gasteiger partial charge in [0.15, 0.2) is 5.16 Å². The highest BCUT2D eigenvalue weighted by molar-refractivity contribution is 8.00. The predicted octanol–water partition coefficient (Wildman–Crippen LogP) is 3.51. The van der Waals surface area contributed by atoms with Crippen molar-refractivity contribution < 1.29 is 4.79 Å². The van der Waals surface area contributed by atoms with Crippen molar-refractivity contribution in [3.8, 4) is 0 Å². The van der Waals surface area contributed by atoms with Gasteiger partial charge < -0.3 is 5.32 Å². The minimum Gasteiger partial charge on any atom is -0.355 e. The van der Waals surface area contributed by atoms with Crippen molar-refractivity contribution in [1.29, 1.82) is 0 Å². The van der Waals surface area contributed by atoms with E-state index < -0.39 is 0 Å². The summed E-state index contributed by atoms with van der Waals surface area (Å²) < 4.78 is 1.60. The highest BCUT2D eigenvalue weighted by atomic mass is 32.2. The molecule has 0 bridgehead atoms. The maximum Gasteiger partial charge on any atom is 0.263 e. The maximum atomic E-state index is 12.9. The summed E-state index contributed by atoms with van der Waals surface area (Å²) in [6.45, 7) is 14.6. The molecule has 0 fully saturated rings. The summed E-state index contributed by atoms with van der Waals surface area (Å²) in [7, 11) is 0. The Hall–Kier alpha value is -1.60. The van der Waals surface area contributed by atoms with Gasteiger partial charge in [-0.1, -0.05) is 31.7 Å². The van der Waals surface area contributed by atoms with Crippen molar-refractivity contribution in [3.63, 3.8) is 0 Å². The molecule has 0 aromatic carbocycles. The van der Waals surface area contributed by atoms with Gasteiger partial charge in [0.1, 0.15) is 4.83 Å². The van der Waals surface area contributed by atoms with Crippen molar-refractivity contribution in [1.82, 2.24) is 14.9 Å². The summed E-state index contributed by atoms with van der Waals surface area (Å²) in [5.74, 6) is 0.350. The normalized spacial score (nSPS) is 12.6. The van der Waals surface area contributed by atoms with Gasteiger partial charge in [-0.15, -0.1) is 17.9 Å². The highest BCUT2D eigenvalue weighted by Gasteiger charge is 2.21. The van der Waals surface area contributed by atoms with E-state index in [1.165, 1.54) is 23.1 Å². The molecule has 25 heavy (non-hydrogen) atoms. The predicted molar refractivity (Wildman–Crippen MR) is 107 cm³/mol. The van der Waals surface area contributed by atoms with Gasteiger partial charge in [-0.3, -0.25) is 14.2 Å². The Morgan fingerprint density at radius 2 is 2.08 bits per heavy atom. The van der Waals surface area contributed by atoms with Crippen LogP contribution in [-0.2, 0) is 11.3 Å². The Kier molecular flexibility index (Phi) is 6.46. The van der Waals surface area contributed by atoms with E-state index in [1.807, 2.05) is 20.8 Å². The van der Waals surface area contributed by atoms with E-state index in [2.05, 4.69) is 30.7 Å². The van der Waals surface area contributed by atoms with Crippen LogP contribution in [0, 0.1) is 19.8 Å². The molecule has 0 radical (unpaired) electrons. The topological polar surface area (TPSA) is 64.0 Å². The number of nitrogens with one attached hydrogen (secondary N) is 1. The Morgan fingerprint density at radius 1 is 1.40 bits per heavy atom. The first-order chi connectivity index (χ1) is 11.8. The van der Waals surface area contributed by atoms with Crippen LogP contribution in [-0.4, -0.2) is 27.3 Å². The molecule has 0 aliphatic heterocycles. The summed E-state index contributed by atoms with van der Waals surface area (Å²) in [4.78, 5) is 31.7. The number of carbonyl (C=O) groups excluding carboxylic acids is 1. The zero-order valence-corrected chi connectivity index (χ0v) is 17.0. The molecule has 1 N–H and O–H groups in total. The summed E-state index contributed by atoms with van der Waals surface area (Å²) in [6, 6.07) is 0. The van der Waals surface area contributed by atoms with E-state index >= 15 is 0 Å². The van der Waals surface area contributed by atoms with E-state index in [4.69, 9.17) is 0 Å². The Bertz CT molecular complexity index is 852. The summed E-state index contributed by atoms with van der Waals surface area (Å²) in [5.41, 5.74) is 0.915. The van der Waals surface area contributed by atoms with Gasteiger partial charge >= 0.3 is 0 Å². The van der Waals surface area contributed by atoms with Crippen LogP contribution >= 0.6 is 23.1 Å². The zero-order chi connectivity index (χ0) is 18.7. The Labute approximate surface area is 156 Å². The first kappa shape index (κ1) is 19.7. The Morgan fingerprint density at radius 3 is 2.68 bits per heavy atom. The summed E-state index contributed by atoms with van der Waals surface area (Å²) in [5, 5.41) is 3.83. The minimum atomic E-state index is -0.332. The van der Waals surface area contributed by atoms with E-state index in [0.29, 0.717) is 29.6 Å². The molecule has 0 saturated heterocycles. The number of aryl methyl sites for hydroxylation is 2. The minimum absolute atomic E-state index is 0.0447. The van der Waals surface area contributed by atoms with Crippen LogP contribution in [0.5, 0.6) is 0 Å². The standard InChI is InChI=1S/C18H25N3O2S2/c1-7-8-21-17(23)14-11(4)12(5)24-16(14)20-18(21)25-13(6)15(22)19-9-10(2)3/h7,10,13H,1,8-9H2,2-6H3,(H,19,22)/t13-/m0/s1. The fourth-order valence-corrected chi connectivity index (χ4v) is 4.36. The molecular formula is C18H25N3O2S2. The van der Waals surface area contributed by atoms with Crippen molar-refractivity contribution in [2.24, 2.45) is 5.92 Å². The van der Waals surface area contributed by atoms with Crippen LogP contribution in [0.15, 0.2) is 22.6 Å². The first-order valence-electron chi connectivity index (χ1n) is 8.32. The lowest BCUT2D eigenvalue weighted by Crippen LogP contribution is -2.34. The van der Waals surface area contributed by atoms with Gasteiger partial charge in [0.05, 0.1) is 10.6 Å². The quantitative estimate of drug-likeness (QED) is 0.454. The lowest BCUT2D eigenvalue weighted by atomic mass is 10.2. The number of allylic oxidation sites excluding steroid dienone is 1. The number of aromatic nitrogens is 2. The molecule has 0 aliphatic carbocycles. The number of hydrogen-bond acceptors (Lipinski definition) is 5. The van der Waals surface area contributed by atoms with Crippen molar-refractivity contribution >= 4 is 39.2 Å². The molecule has 5 nitrogen and oxygen atoms in total. The molecule has 2 aromatic heterocycles. The lowest BCUT2D eigenvalue weighted by molar-refractivity contribution is -0.120. The SMILES string of the molecule is C=CCn1c(S[C@@H](C)C(=O)NCC(C)C)nc2sc(C)c(C)c2c1=O. The number of thiophene rings is 1. The van der Waals surface area contributed by atoms with Crippen LogP contribution in [0.1, 0.15) is 31.2 Å². The number of hydrogen-bond donors (Lipinski definition) is 1. The van der Waals surface area contributed by atoms with E-state index in [-0.39, 0.29) is 16.7 Å². The second-order valence-corrected chi connectivity index (χ2v) is 8.97. The number of carbonyl (C=O) groups is 1. The number of fused-ring (bicyclic) bond motifs is 1. The van der Waals surface area contributed by atoms with Crippen molar-refractivity contribution in [2.75, 3.05) is 6.54 Å². The zero-order valence-electron chi connectivity index (χ0n) is 15.4. The highest BCUT2D eigenvalue weighted by Crippen LogP contribution is 2.29. The monoisotopic (exact) mass is 379 g/mol. The molecular weight excluding hydrogens is 354 g/mol. The number of nitrogens with zero attached hydrogens (tertiary/aromatic N) is 2. The van der Waals surface area contributed by atoms with Gasteiger partial charge in [0.2, 0.25) is 5.91 Å². The van der Waals surface area contributed by atoms with Crippen molar-refractivity contribution in [3.05, 3.63) is 33.4 Å². The first-order valence-corrected chi connectivity index (χ1v) is 10.0. The van der Waals surface area contributed by atoms with E-state index in [1.54, 1.807) is 10.6 Å². The van der Waals surface area contributed by atoms with Crippen LogP contribution in [0.3, 0.4) is 0 Å². The van der Waals surface area contributed by atoms with Crippen LogP contribution in [0.25, 0.3) is 10.2 Å². The number of amides is 1. The molecule has 136 valence electrons. The molecule has 2 heterocycles. The van der Waals surface area contributed by atoms with Crippen LogP contribution in [0.4, 0.5) is 0 Å². The third kappa shape index (κ3) is 4.33. The van der Waals surface area contributed by atoms with Gasteiger partial charge in [0.25, 0.3) is 5.56 Å². The number of rotatable bonds is 7. The van der Waals surface area contributed by atoms with E-state index in [0.717, 1.165) is 15.3 Å². The van der Waals surface area contributed by atoms with Crippen molar-refractivity contribution in [2.45, 2.75) is 51.6 Å². The summed E-state index contributed by atoms with van der Waals surface area (Å²) >= 11 is 2.83. The second-order valence-electron chi connectivity index (χ2n) is 6.46. The molecule has 0 unspecified atom stereocenters. The van der Waals surface area contributed by atoms with Crippen LogP contribution in [0.2, 0.25) is 0 Å². The van der Waals surface area contributed by atoms with Gasteiger partial charge in [-0.25, -0.2) is 4.98 Å². The van der Waals surface area contributed by atoms with E-state index in [9.17, 15) is 9.59 Å². The summed E-state index contributed by atoms with van der Waals surface area (Å²) in [6.07, 6.45) is 1.68. The van der Waals surface area contributed by atoms with Gasteiger partial charge in [-0.05, 0) is 32.3 Å². The maximum absolute atomic E-state index is 12.9. The molecule has 1 atom stereocenters. The lowest BCUT2D eigenvalue weighted by Gasteiger charge is -2.15. The molecule has 1 amide bonds. The molecule has 0 aliphatic rings. The fraction of sp³-hybridized carbons (Fsp3) is 0.500. The fourth-order valence-electron chi connectivity index (χ4n) is 2.35. The smallest absolute Gasteiger partial charge is 0.263 e.